The van der Waals surface area contributed by atoms with Crippen molar-refractivity contribution >= 4 is 28.4 Å². The van der Waals surface area contributed by atoms with E-state index in [1.807, 2.05) is 62.0 Å². The lowest BCUT2D eigenvalue weighted by Gasteiger charge is -2.29. The minimum Gasteiger partial charge on any atom is -0.444 e. The number of nitrogens with zero attached hydrogens (tertiary/aromatic N) is 4. The number of pyridine rings is 1. The number of rotatable bonds is 4. The molecule has 8 heteroatoms. The summed E-state index contributed by atoms with van der Waals surface area (Å²) in [4.78, 5) is 22.3. The molecule has 0 bridgehead atoms. The highest BCUT2D eigenvalue weighted by atomic mass is 16.6. The number of benzene rings is 1. The molecule has 3 N–H and O–H groups in total. The lowest BCUT2D eigenvalue weighted by Crippen LogP contribution is -2.39. The van der Waals surface area contributed by atoms with E-state index in [4.69, 9.17) is 15.6 Å². The van der Waals surface area contributed by atoms with Crippen molar-refractivity contribution in [2.45, 2.75) is 46.3 Å². The number of hydrogen-bond acceptors (Lipinski definition) is 5. The van der Waals surface area contributed by atoms with Crippen LogP contribution in [0.3, 0.4) is 0 Å². The van der Waals surface area contributed by atoms with Gasteiger partial charge in [-0.2, -0.15) is 5.10 Å². The third kappa shape index (κ3) is 4.71. The van der Waals surface area contributed by atoms with Gasteiger partial charge in [0, 0.05) is 59.9 Å². The molecular weight excluding hydrogens is 452 g/mol. The van der Waals surface area contributed by atoms with Gasteiger partial charge in [-0.05, 0) is 69.5 Å². The Morgan fingerprint density at radius 3 is 2.61 bits per heavy atom. The van der Waals surface area contributed by atoms with Crippen LogP contribution in [-0.4, -0.2) is 49.4 Å². The van der Waals surface area contributed by atoms with Gasteiger partial charge >= 0.3 is 6.09 Å². The Morgan fingerprint density at radius 1 is 1.17 bits per heavy atom. The Morgan fingerprint density at radius 2 is 1.94 bits per heavy atom. The van der Waals surface area contributed by atoms with E-state index in [-0.39, 0.29) is 6.09 Å². The number of ether oxygens (including phenoxy) is 1. The lowest BCUT2D eigenvalue weighted by atomic mass is 9.99. The first-order chi connectivity index (χ1) is 17.2. The van der Waals surface area contributed by atoms with Gasteiger partial charge in [0.05, 0.1) is 0 Å². The zero-order chi connectivity index (χ0) is 25.4. The molecule has 4 aromatic rings. The molecule has 186 valence electrons. The summed E-state index contributed by atoms with van der Waals surface area (Å²) in [6.45, 7) is 9.63. The smallest absolute Gasteiger partial charge is 0.410 e. The van der Waals surface area contributed by atoms with Crippen molar-refractivity contribution in [3.63, 3.8) is 0 Å². The Balaban J connectivity index is 1.48. The number of H-pyrrole nitrogens is 1. The summed E-state index contributed by atoms with van der Waals surface area (Å²) in [5.74, 6) is 0. The average Bonchev–Trinajstić information content (AvgIpc) is 3.48. The molecule has 1 amide bonds. The zero-order valence-electron chi connectivity index (χ0n) is 21.2. The van der Waals surface area contributed by atoms with Gasteiger partial charge < -0.3 is 20.4 Å². The molecule has 0 saturated heterocycles. The van der Waals surface area contributed by atoms with Crippen molar-refractivity contribution in [2.24, 2.45) is 0 Å². The number of aromatic amines is 1. The number of hydrogen-bond donors (Lipinski definition) is 2. The van der Waals surface area contributed by atoms with Gasteiger partial charge in [-0.1, -0.05) is 18.2 Å². The summed E-state index contributed by atoms with van der Waals surface area (Å²) in [5.41, 5.74) is 13.2. The largest absolute Gasteiger partial charge is 0.444 e. The summed E-state index contributed by atoms with van der Waals surface area (Å²) < 4.78 is 7.48. The minimum atomic E-state index is -0.503. The van der Waals surface area contributed by atoms with E-state index in [1.54, 1.807) is 4.90 Å². The third-order valence-electron chi connectivity index (χ3n) is 6.30. The predicted octanol–water partition coefficient (Wildman–Crippen LogP) is 5.72. The van der Waals surface area contributed by atoms with E-state index < -0.39 is 5.60 Å². The Kier molecular flexibility index (Phi) is 6.04. The van der Waals surface area contributed by atoms with Crippen molar-refractivity contribution in [2.75, 3.05) is 18.8 Å². The second kappa shape index (κ2) is 9.18. The molecule has 0 unspecified atom stereocenters. The van der Waals surface area contributed by atoms with E-state index in [0.717, 1.165) is 57.8 Å². The van der Waals surface area contributed by atoms with E-state index in [1.165, 1.54) is 5.57 Å². The fourth-order valence-electron chi connectivity index (χ4n) is 4.48. The monoisotopic (exact) mass is 484 g/mol. The van der Waals surface area contributed by atoms with Crippen LogP contribution in [0, 0.1) is 0 Å². The van der Waals surface area contributed by atoms with Crippen molar-refractivity contribution in [1.82, 2.24) is 24.6 Å². The van der Waals surface area contributed by atoms with Crippen LogP contribution in [0.1, 0.15) is 39.8 Å². The molecule has 1 aliphatic heterocycles. The van der Waals surface area contributed by atoms with Crippen molar-refractivity contribution < 1.29 is 9.53 Å². The fraction of sp³-hybridized carbons (Fsp3) is 0.321. The molecule has 5 rings (SSSR count). The maximum absolute atomic E-state index is 12.4. The van der Waals surface area contributed by atoms with Crippen LogP contribution in [0.4, 0.5) is 10.5 Å². The number of anilines is 1. The second-order valence-electron chi connectivity index (χ2n) is 10.1. The standard InChI is InChI=1S/C28H32N6O2/c1-5-34-17-23(25(32-34)19-6-8-20(29)9-7-19)21-10-13-30-26-22(21)16-24(31-26)18-11-14-33(15-12-18)27(35)36-28(2,3)4/h6-11,13,16-17H,5,12,14-15,29H2,1-4H3,(H,30,31). The number of fused-ring (bicyclic) bond motifs is 1. The van der Waals surface area contributed by atoms with E-state index >= 15 is 0 Å². The highest BCUT2D eigenvalue weighted by molar-refractivity contribution is 5.98. The number of carbonyl (C=O) groups excluding carboxylic acids is 1. The van der Waals surface area contributed by atoms with Crippen LogP contribution in [0.5, 0.6) is 0 Å². The molecular formula is C28H32N6O2. The summed E-state index contributed by atoms with van der Waals surface area (Å²) in [6, 6.07) is 12.0. The summed E-state index contributed by atoms with van der Waals surface area (Å²) in [7, 11) is 0. The summed E-state index contributed by atoms with van der Waals surface area (Å²) in [6.07, 6.45) is 6.47. The molecule has 0 radical (unpaired) electrons. The molecule has 0 saturated carbocycles. The third-order valence-corrected chi connectivity index (χ3v) is 6.30. The Hall–Kier alpha value is -4.07. The minimum absolute atomic E-state index is 0.276. The van der Waals surface area contributed by atoms with Gasteiger partial charge in [0.2, 0.25) is 0 Å². The normalized spacial score (nSPS) is 14.2. The van der Waals surface area contributed by atoms with Crippen LogP contribution in [-0.2, 0) is 11.3 Å². The molecule has 0 spiro atoms. The zero-order valence-corrected chi connectivity index (χ0v) is 21.2. The molecule has 4 heterocycles. The maximum atomic E-state index is 12.4. The van der Waals surface area contributed by atoms with Crippen molar-refractivity contribution in [3.05, 3.63) is 60.6 Å². The fourth-order valence-corrected chi connectivity index (χ4v) is 4.48. The van der Waals surface area contributed by atoms with Gasteiger partial charge in [-0.25, -0.2) is 9.78 Å². The Labute approximate surface area is 210 Å². The van der Waals surface area contributed by atoms with Gasteiger partial charge in [0.15, 0.2) is 0 Å². The number of aromatic nitrogens is 4. The van der Waals surface area contributed by atoms with E-state index in [2.05, 4.69) is 35.2 Å². The molecule has 0 fully saturated rings. The highest BCUT2D eigenvalue weighted by Crippen LogP contribution is 2.37. The number of amides is 1. The highest BCUT2D eigenvalue weighted by Gasteiger charge is 2.25. The number of nitrogens with two attached hydrogens (primary N) is 1. The van der Waals surface area contributed by atoms with Crippen LogP contribution >= 0.6 is 0 Å². The topological polar surface area (TPSA) is 102 Å². The summed E-state index contributed by atoms with van der Waals surface area (Å²) >= 11 is 0. The first-order valence-electron chi connectivity index (χ1n) is 12.3. The van der Waals surface area contributed by atoms with E-state index in [9.17, 15) is 4.79 Å². The predicted molar refractivity (Wildman–Crippen MR) is 143 cm³/mol. The van der Waals surface area contributed by atoms with E-state index in [0.29, 0.717) is 13.1 Å². The van der Waals surface area contributed by atoms with Crippen LogP contribution in [0.15, 0.2) is 54.9 Å². The lowest BCUT2D eigenvalue weighted by molar-refractivity contribution is 0.0270. The van der Waals surface area contributed by atoms with Crippen LogP contribution in [0.25, 0.3) is 39.0 Å². The van der Waals surface area contributed by atoms with Gasteiger partial charge in [-0.3, -0.25) is 4.68 Å². The number of nitrogens with one attached hydrogen (secondary N) is 1. The molecule has 8 nitrogen and oxygen atoms in total. The first-order valence-corrected chi connectivity index (χ1v) is 12.3. The quantitative estimate of drug-likeness (QED) is 0.361. The second-order valence-corrected chi connectivity index (χ2v) is 10.1. The van der Waals surface area contributed by atoms with Crippen molar-refractivity contribution in [1.29, 1.82) is 0 Å². The SMILES string of the molecule is CCn1cc(-c2ccnc3[nH]c(C4=CCN(C(=O)OC(C)(C)C)CC4)cc23)c(-c2ccc(N)cc2)n1. The molecule has 36 heavy (non-hydrogen) atoms. The van der Waals surface area contributed by atoms with Gasteiger partial charge in [0.25, 0.3) is 0 Å². The average molecular weight is 485 g/mol. The molecule has 0 atom stereocenters. The van der Waals surface area contributed by atoms with Gasteiger partial charge in [0.1, 0.15) is 16.9 Å². The maximum Gasteiger partial charge on any atom is 0.410 e. The first kappa shape index (κ1) is 23.7. The summed E-state index contributed by atoms with van der Waals surface area (Å²) in [5, 5.41) is 5.88. The van der Waals surface area contributed by atoms with Crippen LogP contribution in [0.2, 0.25) is 0 Å². The number of nitrogen functional groups attached to an aromatic ring is 1. The molecule has 1 aliphatic rings. The van der Waals surface area contributed by atoms with Crippen LogP contribution < -0.4 is 5.73 Å². The molecule has 0 aliphatic carbocycles. The number of aryl methyl sites for hydroxylation is 1. The van der Waals surface area contributed by atoms with Crippen molar-refractivity contribution in [3.8, 4) is 22.4 Å². The van der Waals surface area contributed by atoms with Gasteiger partial charge in [-0.15, -0.1) is 0 Å². The Bertz CT molecular complexity index is 1440. The molecule has 3 aromatic heterocycles. The molecule has 1 aromatic carbocycles. The number of carbonyl (C=O) groups is 1.